The summed E-state index contributed by atoms with van der Waals surface area (Å²) in [6.07, 6.45) is 0.787. The van der Waals surface area contributed by atoms with Crippen molar-refractivity contribution in [3.05, 3.63) is 11.8 Å². The number of esters is 1. The van der Waals surface area contributed by atoms with Gasteiger partial charge in [-0.15, -0.1) is 0 Å². The number of carbonyl (C=O) groups is 3. The second kappa shape index (κ2) is 10.8. The van der Waals surface area contributed by atoms with Crippen LogP contribution >= 0.6 is 0 Å². The SMILES string of the molecule is CCOC(=O)/C=C(\C)N[C@@H](CCC(=O)O)C(=O)O.[NaH]. The molecule has 0 aromatic heterocycles. The van der Waals surface area contributed by atoms with Gasteiger partial charge >= 0.3 is 47.5 Å². The average molecular weight is 283 g/mol. The first-order valence-corrected chi connectivity index (χ1v) is 5.43. The van der Waals surface area contributed by atoms with Gasteiger partial charge in [0.25, 0.3) is 0 Å². The van der Waals surface area contributed by atoms with Crippen molar-refractivity contribution in [3.8, 4) is 0 Å². The molecule has 0 amide bonds. The molecule has 0 bridgehead atoms. The Balaban J connectivity index is 0. The van der Waals surface area contributed by atoms with Crippen LogP contribution in [0.3, 0.4) is 0 Å². The summed E-state index contributed by atoms with van der Waals surface area (Å²) in [4.78, 5) is 32.3. The van der Waals surface area contributed by atoms with Crippen LogP contribution < -0.4 is 5.32 Å². The van der Waals surface area contributed by atoms with Crippen LogP contribution in [-0.4, -0.2) is 70.3 Å². The van der Waals surface area contributed by atoms with E-state index in [-0.39, 0.29) is 49.0 Å². The summed E-state index contributed by atoms with van der Waals surface area (Å²) in [7, 11) is 0. The molecular formula is C11H18NNaO6. The van der Waals surface area contributed by atoms with Gasteiger partial charge in [-0.05, 0) is 20.3 Å². The molecule has 7 nitrogen and oxygen atoms in total. The molecule has 8 heteroatoms. The monoisotopic (exact) mass is 283 g/mol. The van der Waals surface area contributed by atoms with Crippen LogP contribution in [0.4, 0.5) is 0 Å². The standard InChI is InChI=1S/C11H17NO6.Na.H/c1-3-18-10(15)6-7(2)12-8(11(16)17)4-5-9(13)14;;/h6,8,12H,3-5H2,1-2H3,(H,13,14)(H,16,17);;/b7-6+;;/t8-;;/m0../s1. The number of nitrogens with one attached hydrogen (secondary N) is 1. The van der Waals surface area contributed by atoms with E-state index in [4.69, 9.17) is 10.2 Å². The van der Waals surface area contributed by atoms with Crippen molar-refractivity contribution in [2.75, 3.05) is 6.61 Å². The van der Waals surface area contributed by atoms with E-state index in [0.29, 0.717) is 5.70 Å². The van der Waals surface area contributed by atoms with Crippen molar-refractivity contribution in [2.45, 2.75) is 32.7 Å². The van der Waals surface area contributed by atoms with Crippen LogP contribution in [0.2, 0.25) is 0 Å². The van der Waals surface area contributed by atoms with Gasteiger partial charge in [0.1, 0.15) is 6.04 Å². The average Bonchev–Trinajstić information content (AvgIpc) is 2.23. The van der Waals surface area contributed by atoms with E-state index in [2.05, 4.69) is 10.1 Å². The van der Waals surface area contributed by atoms with Crippen molar-refractivity contribution < 1.29 is 29.3 Å². The zero-order chi connectivity index (χ0) is 14.1. The molecule has 0 rings (SSSR count). The van der Waals surface area contributed by atoms with Gasteiger partial charge in [0.05, 0.1) is 6.61 Å². The number of carboxylic acid groups (broad SMARTS) is 2. The summed E-state index contributed by atoms with van der Waals surface area (Å²) in [6.45, 7) is 3.39. The molecule has 3 N–H and O–H groups in total. The first kappa shape index (κ1) is 20.3. The number of aliphatic carboxylic acids is 2. The minimum atomic E-state index is -1.17. The molecule has 0 heterocycles. The zero-order valence-electron chi connectivity index (χ0n) is 10.3. The molecule has 0 aliphatic carbocycles. The summed E-state index contributed by atoms with van der Waals surface area (Å²) in [5, 5.41) is 19.9. The molecule has 0 aliphatic heterocycles. The number of carboxylic acids is 2. The molecule has 0 saturated heterocycles. The van der Waals surface area contributed by atoms with Crippen LogP contribution in [0.5, 0.6) is 0 Å². The fourth-order valence-electron chi connectivity index (χ4n) is 1.20. The van der Waals surface area contributed by atoms with E-state index in [1.807, 2.05) is 0 Å². The number of rotatable bonds is 8. The Kier molecular flexibility index (Phi) is 11.6. The summed E-state index contributed by atoms with van der Waals surface area (Å²) in [5.41, 5.74) is 0.311. The summed E-state index contributed by atoms with van der Waals surface area (Å²) >= 11 is 0. The molecule has 0 aromatic rings. The molecule has 0 saturated carbocycles. The van der Waals surface area contributed by atoms with Gasteiger partial charge in [0, 0.05) is 18.2 Å². The summed E-state index contributed by atoms with van der Waals surface area (Å²) in [6, 6.07) is -1.05. The molecule has 0 radical (unpaired) electrons. The third-order valence-corrected chi connectivity index (χ3v) is 1.97. The Morgan fingerprint density at radius 1 is 1.32 bits per heavy atom. The van der Waals surface area contributed by atoms with E-state index >= 15 is 0 Å². The van der Waals surface area contributed by atoms with Gasteiger partial charge < -0.3 is 20.3 Å². The third-order valence-electron chi connectivity index (χ3n) is 1.97. The van der Waals surface area contributed by atoms with Crippen LogP contribution in [0.1, 0.15) is 26.7 Å². The molecule has 1 atom stereocenters. The Morgan fingerprint density at radius 3 is 2.32 bits per heavy atom. The van der Waals surface area contributed by atoms with E-state index in [1.54, 1.807) is 6.92 Å². The van der Waals surface area contributed by atoms with Gasteiger partial charge in [-0.25, -0.2) is 9.59 Å². The van der Waals surface area contributed by atoms with Crippen LogP contribution in [0.25, 0.3) is 0 Å². The number of carbonyl (C=O) groups excluding carboxylic acids is 1. The first-order valence-electron chi connectivity index (χ1n) is 5.43. The van der Waals surface area contributed by atoms with Crippen molar-refractivity contribution in [3.63, 3.8) is 0 Å². The van der Waals surface area contributed by atoms with E-state index in [9.17, 15) is 14.4 Å². The van der Waals surface area contributed by atoms with Crippen LogP contribution in [0.15, 0.2) is 11.8 Å². The normalized spacial score (nSPS) is 12.0. The topological polar surface area (TPSA) is 113 Å². The zero-order valence-corrected chi connectivity index (χ0v) is 10.3. The number of ether oxygens (including phenoxy) is 1. The predicted molar refractivity (Wildman–Crippen MR) is 69.0 cm³/mol. The van der Waals surface area contributed by atoms with E-state index in [1.165, 1.54) is 6.92 Å². The second-order valence-corrected chi connectivity index (χ2v) is 3.55. The Bertz CT molecular complexity index is 355. The Labute approximate surface area is 133 Å². The molecule has 19 heavy (non-hydrogen) atoms. The molecular weight excluding hydrogens is 265 g/mol. The van der Waals surface area contributed by atoms with Crippen molar-refractivity contribution in [2.24, 2.45) is 0 Å². The number of hydrogen-bond acceptors (Lipinski definition) is 5. The maximum absolute atomic E-state index is 11.1. The van der Waals surface area contributed by atoms with Gasteiger partial charge in [-0.2, -0.15) is 0 Å². The van der Waals surface area contributed by atoms with Crippen LogP contribution in [0, 0.1) is 0 Å². The summed E-state index contributed by atoms with van der Waals surface area (Å²) in [5.74, 6) is -2.83. The number of hydrogen-bond donors (Lipinski definition) is 3. The second-order valence-electron chi connectivity index (χ2n) is 3.55. The van der Waals surface area contributed by atoms with E-state index in [0.717, 1.165) is 6.08 Å². The maximum atomic E-state index is 11.1. The van der Waals surface area contributed by atoms with Gasteiger partial charge in [0.15, 0.2) is 0 Å². The van der Waals surface area contributed by atoms with Crippen molar-refractivity contribution >= 4 is 47.5 Å². The fraction of sp³-hybridized carbons (Fsp3) is 0.545. The molecule has 0 spiro atoms. The molecule has 0 aromatic carbocycles. The Morgan fingerprint density at radius 2 is 1.89 bits per heavy atom. The van der Waals surface area contributed by atoms with E-state index < -0.39 is 23.9 Å². The fourth-order valence-corrected chi connectivity index (χ4v) is 1.20. The molecule has 104 valence electrons. The Hall–Kier alpha value is -1.05. The van der Waals surface area contributed by atoms with Crippen LogP contribution in [-0.2, 0) is 19.1 Å². The van der Waals surface area contributed by atoms with Gasteiger partial charge in [0.2, 0.25) is 0 Å². The number of allylic oxidation sites excluding steroid dienone is 1. The van der Waals surface area contributed by atoms with Crippen molar-refractivity contribution in [1.82, 2.24) is 5.32 Å². The third kappa shape index (κ3) is 10.5. The predicted octanol–water partition coefficient (Wildman–Crippen LogP) is -0.288. The molecule has 0 fully saturated rings. The van der Waals surface area contributed by atoms with Gasteiger partial charge in [-0.3, -0.25) is 4.79 Å². The molecule has 0 aliphatic rings. The minimum absolute atomic E-state index is 0. The quantitative estimate of drug-likeness (QED) is 0.319. The summed E-state index contributed by atoms with van der Waals surface area (Å²) < 4.78 is 4.66. The van der Waals surface area contributed by atoms with Gasteiger partial charge in [-0.1, -0.05) is 0 Å². The molecule has 0 unspecified atom stereocenters. The van der Waals surface area contributed by atoms with Crippen molar-refractivity contribution in [1.29, 1.82) is 0 Å². The first-order chi connectivity index (χ1) is 8.36.